The van der Waals surface area contributed by atoms with Crippen molar-refractivity contribution in [2.75, 3.05) is 5.43 Å². The molecule has 5 heteroatoms. The second-order valence-corrected chi connectivity index (χ2v) is 5.90. The Morgan fingerprint density at radius 3 is 2.58 bits per heavy atom. The van der Waals surface area contributed by atoms with Crippen molar-refractivity contribution in [3.05, 3.63) is 33.4 Å². The fourth-order valence-corrected chi connectivity index (χ4v) is 2.70. The zero-order valence-corrected chi connectivity index (χ0v) is 12.7. The maximum absolute atomic E-state index is 6.35. The number of nitrogen functional groups attached to an aromatic ring is 1. The smallest absolute Gasteiger partial charge is 0.0927 e. The summed E-state index contributed by atoms with van der Waals surface area (Å²) in [6.45, 7) is 6.20. The van der Waals surface area contributed by atoms with Gasteiger partial charge in [-0.15, -0.1) is 0 Å². The number of nitrogens with two attached hydrogens (primary N) is 1. The lowest BCUT2D eigenvalue weighted by Gasteiger charge is -2.14. The number of benzene rings is 1. The van der Waals surface area contributed by atoms with Crippen LogP contribution in [0.15, 0.2) is 12.1 Å². The molecule has 0 saturated carbocycles. The minimum Gasteiger partial charge on any atom is -0.323 e. The first kappa shape index (κ1) is 14.4. The predicted molar refractivity (Wildman–Crippen MR) is 82.9 cm³/mol. The molecule has 0 aliphatic heterocycles. The van der Waals surface area contributed by atoms with Crippen molar-refractivity contribution in [1.29, 1.82) is 0 Å². The number of anilines is 1. The average Bonchev–Trinajstić information content (AvgIpc) is 2.34. The third kappa shape index (κ3) is 2.78. The Bertz CT molecular complexity index is 624. The summed E-state index contributed by atoms with van der Waals surface area (Å²) in [7, 11) is 0. The monoisotopic (exact) mass is 297 g/mol. The minimum atomic E-state index is 0.510. The lowest BCUT2D eigenvalue weighted by Crippen LogP contribution is -2.09. The van der Waals surface area contributed by atoms with Gasteiger partial charge in [-0.05, 0) is 37.0 Å². The number of nitrogens with one attached hydrogen (secondary N) is 1. The Morgan fingerprint density at radius 1 is 1.32 bits per heavy atom. The number of pyridine rings is 1. The molecule has 0 aliphatic carbocycles. The van der Waals surface area contributed by atoms with Crippen LogP contribution in [0.4, 0.5) is 5.69 Å². The Labute approximate surface area is 123 Å². The van der Waals surface area contributed by atoms with Gasteiger partial charge in [0.2, 0.25) is 0 Å². The molecule has 0 radical (unpaired) electrons. The zero-order valence-electron chi connectivity index (χ0n) is 11.2. The lowest BCUT2D eigenvalue weighted by atomic mass is 10.0. The van der Waals surface area contributed by atoms with Crippen LogP contribution >= 0.6 is 23.2 Å². The molecule has 1 aromatic carbocycles. The number of halogens is 2. The Morgan fingerprint density at radius 2 is 2.00 bits per heavy atom. The van der Waals surface area contributed by atoms with Gasteiger partial charge in [0.05, 0.1) is 21.2 Å². The van der Waals surface area contributed by atoms with Crippen LogP contribution in [-0.2, 0) is 6.42 Å². The molecule has 2 aromatic rings. The van der Waals surface area contributed by atoms with Gasteiger partial charge in [0, 0.05) is 11.1 Å². The lowest BCUT2D eigenvalue weighted by molar-refractivity contribution is 0.637. The molecular formula is C14H17Cl2N3. The van der Waals surface area contributed by atoms with Gasteiger partial charge in [-0.25, -0.2) is 0 Å². The van der Waals surface area contributed by atoms with Gasteiger partial charge in [0.1, 0.15) is 0 Å². The van der Waals surface area contributed by atoms with Crippen LogP contribution < -0.4 is 11.3 Å². The van der Waals surface area contributed by atoms with E-state index in [0.29, 0.717) is 21.5 Å². The highest BCUT2D eigenvalue weighted by atomic mass is 35.5. The molecule has 0 saturated heterocycles. The van der Waals surface area contributed by atoms with Crippen molar-refractivity contribution in [1.82, 2.24) is 4.98 Å². The van der Waals surface area contributed by atoms with E-state index >= 15 is 0 Å². The summed E-state index contributed by atoms with van der Waals surface area (Å²) >= 11 is 12.6. The van der Waals surface area contributed by atoms with E-state index in [2.05, 4.69) is 24.3 Å². The molecule has 2 rings (SSSR count). The standard InChI is InChI=1S/C14H17Cl2N3/c1-7(2)4-9-6-11(19-17)12-13(16)8(3)5-10(15)14(12)18-9/h5-7H,4,17H2,1-3H3,(H,18,19). The van der Waals surface area contributed by atoms with Crippen LogP contribution in [-0.4, -0.2) is 4.98 Å². The highest BCUT2D eigenvalue weighted by Gasteiger charge is 2.14. The van der Waals surface area contributed by atoms with E-state index in [1.807, 2.05) is 19.1 Å². The highest BCUT2D eigenvalue weighted by Crippen LogP contribution is 2.36. The maximum atomic E-state index is 6.35. The number of aryl methyl sites for hydroxylation is 1. The summed E-state index contributed by atoms with van der Waals surface area (Å²) < 4.78 is 0. The second kappa shape index (κ2) is 5.53. The second-order valence-electron chi connectivity index (χ2n) is 5.12. The summed E-state index contributed by atoms with van der Waals surface area (Å²) in [6, 6.07) is 3.77. The molecule has 0 bridgehead atoms. The van der Waals surface area contributed by atoms with E-state index < -0.39 is 0 Å². The Kier molecular flexibility index (Phi) is 4.19. The molecule has 1 aromatic heterocycles. The molecule has 0 aliphatic rings. The largest absolute Gasteiger partial charge is 0.323 e. The minimum absolute atomic E-state index is 0.510. The van der Waals surface area contributed by atoms with Crippen molar-refractivity contribution in [3.8, 4) is 0 Å². The number of hydrogen-bond acceptors (Lipinski definition) is 3. The van der Waals surface area contributed by atoms with Crippen LogP contribution in [0.2, 0.25) is 10.0 Å². The van der Waals surface area contributed by atoms with E-state index in [4.69, 9.17) is 29.0 Å². The SMILES string of the molecule is Cc1cc(Cl)c2nc(CC(C)C)cc(NN)c2c1Cl. The van der Waals surface area contributed by atoms with Gasteiger partial charge in [-0.2, -0.15) is 0 Å². The van der Waals surface area contributed by atoms with Gasteiger partial charge < -0.3 is 5.43 Å². The van der Waals surface area contributed by atoms with E-state index in [1.165, 1.54) is 0 Å². The van der Waals surface area contributed by atoms with Crippen LogP contribution in [0.25, 0.3) is 10.9 Å². The van der Waals surface area contributed by atoms with Crippen molar-refractivity contribution >= 4 is 39.8 Å². The summed E-state index contributed by atoms with van der Waals surface area (Å²) in [6.07, 6.45) is 0.868. The fraction of sp³-hybridized carbons (Fsp3) is 0.357. The summed E-state index contributed by atoms with van der Waals surface area (Å²) in [5, 5.41) is 2.01. The molecule has 19 heavy (non-hydrogen) atoms. The summed E-state index contributed by atoms with van der Waals surface area (Å²) in [4.78, 5) is 4.61. The molecule has 1 heterocycles. The van der Waals surface area contributed by atoms with Crippen molar-refractivity contribution in [2.24, 2.45) is 11.8 Å². The molecule has 0 atom stereocenters. The van der Waals surface area contributed by atoms with Gasteiger partial charge in [0.15, 0.2) is 0 Å². The molecular weight excluding hydrogens is 281 g/mol. The normalized spacial score (nSPS) is 11.3. The molecule has 0 spiro atoms. The van der Waals surface area contributed by atoms with Gasteiger partial charge in [-0.1, -0.05) is 37.0 Å². The number of nitrogens with zero attached hydrogens (tertiary/aromatic N) is 1. The molecule has 0 fully saturated rings. The fourth-order valence-electron chi connectivity index (χ4n) is 2.15. The first-order valence-corrected chi connectivity index (χ1v) is 6.94. The van der Waals surface area contributed by atoms with Crippen molar-refractivity contribution in [3.63, 3.8) is 0 Å². The summed E-state index contributed by atoms with van der Waals surface area (Å²) in [5.41, 5.74) is 6.02. The summed E-state index contributed by atoms with van der Waals surface area (Å²) in [5.74, 6) is 6.11. The Hall–Kier alpha value is -1.03. The maximum Gasteiger partial charge on any atom is 0.0927 e. The molecule has 3 N–H and O–H groups in total. The number of fused-ring (bicyclic) bond motifs is 1. The number of aromatic nitrogens is 1. The molecule has 102 valence electrons. The third-order valence-electron chi connectivity index (χ3n) is 2.98. The van der Waals surface area contributed by atoms with Crippen LogP contribution in [0.5, 0.6) is 0 Å². The topological polar surface area (TPSA) is 50.9 Å². The van der Waals surface area contributed by atoms with Gasteiger partial charge >= 0.3 is 0 Å². The third-order valence-corrected chi connectivity index (χ3v) is 3.76. The molecule has 0 amide bonds. The molecule has 0 unspecified atom stereocenters. The van der Waals surface area contributed by atoms with Gasteiger partial charge in [0.25, 0.3) is 0 Å². The van der Waals surface area contributed by atoms with Crippen LogP contribution in [0.1, 0.15) is 25.1 Å². The van der Waals surface area contributed by atoms with Crippen molar-refractivity contribution in [2.45, 2.75) is 27.2 Å². The van der Waals surface area contributed by atoms with Gasteiger partial charge in [-0.3, -0.25) is 10.8 Å². The highest BCUT2D eigenvalue weighted by molar-refractivity contribution is 6.41. The number of hydrazine groups is 1. The zero-order chi connectivity index (χ0) is 14.2. The predicted octanol–water partition coefficient (Wildman–Crippen LogP) is 4.33. The van der Waals surface area contributed by atoms with E-state index in [-0.39, 0.29) is 0 Å². The van der Waals surface area contributed by atoms with Crippen LogP contribution in [0, 0.1) is 12.8 Å². The Balaban J connectivity index is 2.77. The van der Waals surface area contributed by atoms with Crippen molar-refractivity contribution < 1.29 is 0 Å². The number of hydrogen-bond donors (Lipinski definition) is 2. The van der Waals surface area contributed by atoms with E-state index in [9.17, 15) is 0 Å². The van der Waals surface area contributed by atoms with E-state index in [1.54, 1.807) is 0 Å². The van der Waals surface area contributed by atoms with E-state index in [0.717, 1.165) is 28.8 Å². The molecule has 3 nitrogen and oxygen atoms in total. The number of rotatable bonds is 3. The first-order chi connectivity index (χ1) is 8.93. The van der Waals surface area contributed by atoms with Crippen LogP contribution in [0.3, 0.4) is 0 Å². The first-order valence-electron chi connectivity index (χ1n) is 6.19. The average molecular weight is 298 g/mol. The quantitative estimate of drug-likeness (QED) is 0.655.